The van der Waals surface area contributed by atoms with Gasteiger partial charge in [-0.2, -0.15) is 0 Å². The smallest absolute Gasteiger partial charge is 0.0788 e. The first-order valence-corrected chi connectivity index (χ1v) is 12.7. The van der Waals surface area contributed by atoms with Gasteiger partial charge in [0.25, 0.3) is 0 Å². The van der Waals surface area contributed by atoms with E-state index in [-0.39, 0.29) is 0 Å². The molecule has 0 spiro atoms. The Hall–Kier alpha value is -0.0400. The van der Waals surface area contributed by atoms with Crippen LogP contribution in [0.2, 0.25) is 0 Å². The number of rotatable bonds is 19. The van der Waals surface area contributed by atoms with E-state index in [0.717, 1.165) is 0 Å². The summed E-state index contributed by atoms with van der Waals surface area (Å²) in [5, 5.41) is 0. The number of quaternary nitrogens is 1. The molecule has 0 amide bonds. The van der Waals surface area contributed by atoms with Crippen molar-refractivity contribution in [2.75, 3.05) is 26.2 Å². The van der Waals surface area contributed by atoms with Crippen LogP contribution in [-0.4, -0.2) is 30.7 Å². The molecule has 0 bridgehead atoms. The van der Waals surface area contributed by atoms with E-state index < -0.39 is 0 Å². The maximum Gasteiger partial charge on any atom is 0.0788 e. The van der Waals surface area contributed by atoms with E-state index in [1.807, 2.05) is 0 Å². The van der Waals surface area contributed by atoms with Gasteiger partial charge in [0.05, 0.1) is 26.2 Å². The van der Waals surface area contributed by atoms with Crippen molar-refractivity contribution in [1.82, 2.24) is 0 Å². The summed E-state index contributed by atoms with van der Waals surface area (Å²) < 4.78 is 1.49. The molecule has 0 unspecified atom stereocenters. The van der Waals surface area contributed by atoms with Crippen molar-refractivity contribution < 1.29 is 4.48 Å². The summed E-state index contributed by atoms with van der Waals surface area (Å²) in [6.45, 7) is 10.6. The molecule has 0 N–H and O–H groups in total. The summed E-state index contributed by atoms with van der Waals surface area (Å²) in [5.74, 6) is 0. The first kappa shape index (κ1) is 24.0. The van der Waals surface area contributed by atoms with Gasteiger partial charge in [-0.3, -0.25) is 0 Å². The lowest BCUT2D eigenvalue weighted by Crippen LogP contribution is -2.46. The molecule has 1 aliphatic rings. The monoisotopic (exact) mass is 366 g/mol. The minimum Gasteiger partial charge on any atom is -0.324 e. The number of likely N-dealkylation sites (tertiary alicyclic amines) is 1. The minimum atomic E-state index is 1.37. The highest BCUT2D eigenvalue weighted by Crippen LogP contribution is 2.23. The minimum absolute atomic E-state index is 1.37. The lowest BCUT2D eigenvalue weighted by atomic mass is 10.1. The van der Waals surface area contributed by atoms with E-state index in [0.29, 0.717) is 0 Å². The van der Waals surface area contributed by atoms with E-state index in [1.165, 1.54) is 153 Å². The normalized spacial score (nSPS) is 16.4. The van der Waals surface area contributed by atoms with Crippen LogP contribution in [0.4, 0.5) is 0 Å². The van der Waals surface area contributed by atoms with Crippen LogP contribution in [0.5, 0.6) is 0 Å². The van der Waals surface area contributed by atoms with E-state index in [2.05, 4.69) is 13.8 Å². The Morgan fingerprint density at radius 2 is 0.731 bits per heavy atom. The van der Waals surface area contributed by atoms with Crippen LogP contribution in [0.25, 0.3) is 0 Å². The van der Waals surface area contributed by atoms with Gasteiger partial charge in [-0.05, 0) is 25.7 Å². The number of hydrogen-bond donors (Lipinski definition) is 0. The number of nitrogens with zero attached hydrogens (tertiary/aromatic N) is 1. The maximum atomic E-state index is 2.31. The standard InChI is InChI=1S/C25H52N/c1-3-5-7-9-11-13-15-17-19-23-26(24-20-21-25-26)22-18-16-14-12-10-8-6-4-2/h3-25H2,1-2H3/q+1. The largest absolute Gasteiger partial charge is 0.324 e. The molecule has 1 heterocycles. The first-order valence-electron chi connectivity index (χ1n) is 12.7. The molecular formula is C25H52N+. The van der Waals surface area contributed by atoms with Crippen molar-refractivity contribution in [1.29, 1.82) is 0 Å². The van der Waals surface area contributed by atoms with Crippen molar-refractivity contribution in [2.24, 2.45) is 0 Å². The Labute approximate surface area is 166 Å². The molecule has 1 saturated heterocycles. The molecule has 1 aliphatic heterocycles. The lowest BCUT2D eigenvalue weighted by Gasteiger charge is -2.34. The molecule has 1 rings (SSSR count). The van der Waals surface area contributed by atoms with Gasteiger partial charge < -0.3 is 4.48 Å². The number of hydrogen-bond acceptors (Lipinski definition) is 0. The third-order valence-corrected chi connectivity index (χ3v) is 6.74. The predicted molar refractivity (Wildman–Crippen MR) is 119 cm³/mol. The molecule has 1 heteroatoms. The fourth-order valence-corrected chi connectivity index (χ4v) is 4.90. The molecule has 0 aromatic rings. The zero-order valence-corrected chi connectivity index (χ0v) is 18.7. The summed E-state index contributed by atoms with van der Waals surface area (Å²) >= 11 is 0. The molecule has 26 heavy (non-hydrogen) atoms. The van der Waals surface area contributed by atoms with Gasteiger partial charge in [0.1, 0.15) is 0 Å². The molecule has 0 aliphatic carbocycles. The second kappa shape index (κ2) is 17.1. The Morgan fingerprint density at radius 1 is 0.423 bits per heavy atom. The Bertz CT molecular complexity index is 280. The van der Waals surface area contributed by atoms with Crippen LogP contribution in [0.15, 0.2) is 0 Å². The average Bonchev–Trinajstić information content (AvgIpc) is 3.11. The van der Waals surface area contributed by atoms with Crippen LogP contribution in [0, 0.1) is 0 Å². The van der Waals surface area contributed by atoms with E-state index in [4.69, 9.17) is 0 Å². The highest BCUT2D eigenvalue weighted by atomic mass is 15.4. The van der Waals surface area contributed by atoms with Gasteiger partial charge in [0.15, 0.2) is 0 Å². The number of unbranched alkanes of at least 4 members (excludes halogenated alkanes) is 15. The molecule has 156 valence electrons. The molecule has 1 fully saturated rings. The highest BCUT2D eigenvalue weighted by molar-refractivity contribution is 4.57. The summed E-state index contributed by atoms with van der Waals surface area (Å²) in [6.07, 6.45) is 27.9. The summed E-state index contributed by atoms with van der Waals surface area (Å²) in [4.78, 5) is 0. The van der Waals surface area contributed by atoms with E-state index in [9.17, 15) is 0 Å². The van der Waals surface area contributed by atoms with Gasteiger partial charge in [0, 0.05) is 12.8 Å². The predicted octanol–water partition coefficient (Wildman–Crippen LogP) is 8.27. The van der Waals surface area contributed by atoms with Gasteiger partial charge in [-0.15, -0.1) is 0 Å². The molecule has 0 radical (unpaired) electrons. The van der Waals surface area contributed by atoms with Crippen LogP contribution in [0.1, 0.15) is 136 Å². The van der Waals surface area contributed by atoms with Gasteiger partial charge in [0.2, 0.25) is 0 Å². The second-order valence-electron chi connectivity index (χ2n) is 9.25. The average molecular weight is 367 g/mol. The summed E-state index contributed by atoms with van der Waals surface area (Å²) in [5.41, 5.74) is 0. The highest BCUT2D eigenvalue weighted by Gasteiger charge is 2.30. The van der Waals surface area contributed by atoms with Crippen molar-refractivity contribution in [3.8, 4) is 0 Å². The molecular weight excluding hydrogens is 314 g/mol. The third-order valence-electron chi connectivity index (χ3n) is 6.74. The van der Waals surface area contributed by atoms with E-state index >= 15 is 0 Å². The maximum absolute atomic E-state index is 2.31. The van der Waals surface area contributed by atoms with Crippen LogP contribution in [-0.2, 0) is 0 Å². The molecule has 0 aromatic carbocycles. The fourth-order valence-electron chi connectivity index (χ4n) is 4.90. The van der Waals surface area contributed by atoms with Crippen molar-refractivity contribution in [3.05, 3.63) is 0 Å². The zero-order chi connectivity index (χ0) is 18.8. The SMILES string of the molecule is CCCCCCCCCCC[N+]1(CCCCCCCCCC)CCCC1. The summed E-state index contributed by atoms with van der Waals surface area (Å²) in [7, 11) is 0. The van der Waals surface area contributed by atoms with Crippen LogP contribution in [0.3, 0.4) is 0 Å². The van der Waals surface area contributed by atoms with Gasteiger partial charge in [-0.25, -0.2) is 0 Å². The second-order valence-corrected chi connectivity index (χ2v) is 9.25. The topological polar surface area (TPSA) is 0 Å². The molecule has 0 saturated carbocycles. The Kier molecular flexibility index (Phi) is 15.8. The quantitative estimate of drug-likeness (QED) is 0.159. The van der Waals surface area contributed by atoms with Gasteiger partial charge in [-0.1, -0.05) is 97.3 Å². The molecule has 0 atom stereocenters. The van der Waals surface area contributed by atoms with E-state index in [1.54, 1.807) is 0 Å². The van der Waals surface area contributed by atoms with Crippen LogP contribution >= 0.6 is 0 Å². The first-order chi connectivity index (χ1) is 12.8. The van der Waals surface area contributed by atoms with Crippen molar-refractivity contribution in [3.63, 3.8) is 0 Å². The van der Waals surface area contributed by atoms with Crippen molar-refractivity contribution >= 4 is 0 Å². The summed E-state index contributed by atoms with van der Waals surface area (Å²) in [6, 6.07) is 0. The van der Waals surface area contributed by atoms with Gasteiger partial charge >= 0.3 is 0 Å². The molecule has 0 aromatic heterocycles. The Balaban J connectivity index is 1.99. The zero-order valence-electron chi connectivity index (χ0n) is 18.7. The third kappa shape index (κ3) is 12.4. The molecule has 1 nitrogen and oxygen atoms in total. The Morgan fingerprint density at radius 3 is 1.08 bits per heavy atom. The van der Waals surface area contributed by atoms with Crippen LogP contribution < -0.4 is 0 Å². The fraction of sp³-hybridized carbons (Fsp3) is 1.00. The lowest BCUT2D eigenvalue weighted by molar-refractivity contribution is -0.917. The van der Waals surface area contributed by atoms with Crippen molar-refractivity contribution in [2.45, 2.75) is 136 Å².